The SMILES string of the molecule is CCOCCOc1ncc(NC(=O)C2(OCC)CCCCC2)cc1C. The number of nitrogens with zero attached hydrogens (tertiary/aromatic N) is 1. The van der Waals surface area contributed by atoms with Gasteiger partial charge in [0.05, 0.1) is 18.5 Å². The first kappa shape index (κ1) is 19.7. The van der Waals surface area contributed by atoms with E-state index in [0.29, 0.717) is 38.0 Å². The van der Waals surface area contributed by atoms with E-state index in [4.69, 9.17) is 14.2 Å². The molecular formula is C19H30N2O4. The number of anilines is 1. The van der Waals surface area contributed by atoms with Crippen LogP contribution in [-0.2, 0) is 14.3 Å². The molecule has 1 heterocycles. The first-order chi connectivity index (χ1) is 12.1. The second kappa shape index (κ2) is 9.73. The number of carbonyl (C=O) groups excluding carboxylic acids is 1. The number of ether oxygens (including phenoxy) is 3. The van der Waals surface area contributed by atoms with Gasteiger partial charge in [0.25, 0.3) is 5.91 Å². The summed E-state index contributed by atoms with van der Waals surface area (Å²) in [5, 5.41) is 2.98. The Hall–Kier alpha value is -1.66. The number of hydrogen-bond acceptors (Lipinski definition) is 5. The van der Waals surface area contributed by atoms with Crippen LogP contribution in [0.5, 0.6) is 5.88 Å². The van der Waals surface area contributed by atoms with Crippen molar-refractivity contribution in [3.05, 3.63) is 17.8 Å². The number of aryl methyl sites for hydroxylation is 1. The van der Waals surface area contributed by atoms with E-state index < -0.39 is 5.60 Å². The quantitative estimate of drug-likeness (QED) is 0.691. The molecule has 1 aromatic rings. The average molecular weight is 350 g/mol. The van der Waals surface area contributed by atoms with Gasteiger partial charge in [-0.1, -0.05) is 19.3 Å². The molecule has 1 fully saturated rings. The highest BCUT2D eigenvalue weighted by molar-refractivity contribution is 5.97. The van der Waals surface area contributed by atoms with Crippen molar-refractivity contribution >= 4 is 11.6 Å². The van der Waals surface area contributed by atoms with Crippen LogP contribution in [0.3, 0.4) is 0 Å². The molecule has 1 aliphatic carbocycles. The van der Waals surface area contributed by atoms with Crippen LogP contribution >= 0.6 is 0 Å². The number of pyridine rings is 1. The molecule has 25 heavy (non-hydrogen) atoms. The zero-order valence-corrected chi connectivity index (χ0v) is 15.6. The zero-order chi connectivity index (χ0) is 18.1. The van der Waals surface area contributed by atoms with Gasteiger partial charge in [-0.15, -0.1) is 0 Å². The fraction of sp³-hybridized carbons (Fsp3) is 0.684. The van der Waals surface area contributed by atoms with Crippen LogP contribution < -0.4 is 10.1 Å². The Kier molecular flexibility index (Phi) is 7.65. The molecule has 0 aliphatic heterocycles. The van der Waals surface area contributed by atoms with E-state index in [1.807, 2.05) is 26.8 Å². The first-order valence-corrected chi connectivity index (χ1v) is 9.24. The molecule has 0 aromatic carbocycles. The van der Waals surface area contributed by atoms with Crippen molar-refractivity contribution in [3.63, 3.8) is 0 Å². The zero-order valence-electron chi connectivity index (χ0n) is 15.6. The van der Waals surface area contributed by atoms with Gasteiger partial charge in [0.15, 0.2) is 0 Å². The second-order valence-corrected chi connectivity index (χ2v) is 6.33. The molecule has 0 atom stereocenters. The molecule has 6 nitrogen and oxygen atoms in total. The van der Waals surface area contributed by atoms with Gasteiger partial charge in [-0.05, 0) is 39.7 Å². The van der Waals surface area contributed by atoms with Crippen molar-refractivity contribution in [2.75, 3.05) is 31.7 Å². The maximum atomic E-state index is 12.8. The number of rotatable bonds is 9. The van der Waals surface area contributed by atoms with Crippen molar-refractivity contribution in [3.8, 4) is 5.88 Å². The third kappa shape index (κ3) is 5.41. The Morgan fingerprint density at radius 1 is 1.20 bits per heavy atom. The lowest BCUT2D eigenvalue weighted by atomic mass is 9.83. The van der Waals surface area contributed by atoms with E-state index in [9.17, 15) is 4.79 Å². The van der Waals surface area contributed by atoms with Crippen molar-refractivity contribution in [2.24, 2.45) is 0 Å². The predicted octanol–water partition coefficient (Wildman–Crippen LogP) is 3.48. The monoisotopic (exact) mass is 350 g/mol. The smallest absolute Gasteiger partial charge is 0.256 e. The van der Waals surface area contributed by atoms with E-state index in [0.717, 1.165) is 37.7 Å². The molecule has 0 bridgehead atoms. The third-order valence-corrected chi connectivity index (χ3v) is 4.45. The van der Waals surface area contributed by atoms with Gasteiger partial charge >= 0.3 is 0 Å². The fourth-order valence-electron chi connectivity index (χ4n) is 3.20. The predicted molar refractivity (Wildman–Crippen MR) is 97.0 cm³/mol. The van der Waals surface area contributed by atoms with Crippen LogP contribution in [-0.4, -0.2) is 42.9 Å². The van der Waals surface area contributed by atoms with E-state index >= 15 is 0 Å². The minimum absolute atomic E-state index is 0.0692. The first-order valence-electron chi connectivity index (χ1n) is 9.24. The lowest BCUT2D eigenvalue weighted by Gasteiger charge is -2.35. The number of hydrogen-bond donors (Lipinski definition) is 1. The van der Waals surface area contributed by atoms with E-state index in [1.165, 1.54) is 0 Å². The summed E-state index contributed by atoms with van der Waals surface area (Å²) < 4.78 is 16.7. The van der Waals surface area contributed by atoms with Crippen LogP contribution in [0.4, 0.5) is 5.69 Å². The Labute approximate surface area is 150 Å². The lowest BCUT2D eigenvalue weighted by molar-refractivity contribution is -0.145. The highest BCUT2D eigenvalue weighted by atomic mass is 16.5. The maximum absolute atomic E-state index is 12.8. The lowest BCUT2D eigenvalue weighted by Crippen LogP contribution is -2.47. The number of aromatic nitrogens is 1. The van der Waals surface area contributed by atoms with Crippen LogP contribution in [0.2, 0.25) is 0 Å². The molecule has 2 rings (SSSR count). The molecular weight excluding hydrogens is 320 g/mol. The van der Waals surface area contributed by atoms with Gasteiger partial charge in [-0.2, -0.15) is 0 Å². The van der Waals surface area contributed by atoms with Gasteiger partial charge in [-0.25, -0.2) is 4.98 Å². The number of amides is 1. The van der Waals surface area contributed by atoms with Crippen LogP contribution in [0.1, 0.15) is 51.5 Å². The molecule has 1 amide bonds. The minimum atomic E-state index is -0.701. The summed E-state index contributed by atoms with van der Waals surface area (Å²) in [4.78, 5) is 17.1. The minimum Gasteiger partial charge on any atom is -0.475 e. The van der Waals surface area contributed by atoms with Crippen molar-refractivity contribution in [2.45, 2.75) is 58.5 Å². The molecule has 0 unspecified atom stereocenters. The molecule has 1 N–H and O–H groups in total. The van der Waals surface area contributed by atoms with Crippen LogP contribution in [0.25, 0.3) is 0 Å². The van der Waals surface area contributed by atoms with Gasteiger partial charge in [-0.3, -0.25) is 4.79 Å². The second-order valence-electron chi connectivity index (χ2n) is 6.33. The molecule has 6 heteroatoms. The van der Waals surface area contributed by atoms with E-state index in [2.05, 4.69) is 10.3 Å². The molecule has 1 saturated carbocycles. The Morgan fingerprint density at radius 3 is 2.60 bits per heavy atom. The molecule has 0 saturated heterocycles. The van der Waals surface area contributed by atoms with E-state index in [-0.39, 0.29) is 5.91 Å². The van der Waals surface area contributed by atoms with E-state index in [1.54, 1.807) is 6.20 Å². The maximum Gasteiger partial charge on any atom is 0.256 e. The Balaban J connectivity index is 1.99. The summed E-state index contributed by atoms with van der Waals surface area (Å²) in [6, 6.07) is 1.88. The standard InChI is InChI=1S/C19H30N2O4/c1-4-23-11-12-24-17-15(3)13-16(14-20-17)21-18(22)19(25-5-2)9-7-6-8-10-19/h13-14H,4-12H2,1-3H3,(H,21,22). The Morgan fingerprint density at radius 2 is 1.96 bits per heavy atom. The summed E-state index contributed by atoms with van der Waals surface area (Å²) in [6.07, 6.45) is 6.39. The van der Waals surface area contributed by atoms with Gasteiger partial charge in [0.1, 0.15) is 12.2 Å². The molecule has 1 aromatic heterocycles. The summed E-state index contributed by atoms with van der Waals surface area (Å²) >= 11 is 0. The highest BCUT2D eigenvalue weighted by Crippen LogP contribution is 2.33. The summed E-state index contributed by atoms with van der Waals surface area (Å²) in [6.45, 7) is 8.00. The Bertz CT molecular complexity index is 551. The molecule has 1 aliphatic rings. The third-order valence-electron chi connectivity index (χ3n) is 4.45. The normalized spacial score (nSPS) is 16.4. The van der Waals surface area contributed by atoms with Gasteiger partial charge in [0, 0.05) is 18.8 Å². The average Bonchev–Trinajstić information content (AvgIpc) is 2.61. The topological polar surface area (TPSA) is 69.7 Å². The molecule has 0 radical (unpaired) electrons. The summed E-state index contributed by atoms with van der Waals surface area (Å²) in [5.41, 5.74) is 0.848. The fourth-order valence-corrected chi connectivity index (χ4v) is 3.20. The highest BCUT2D eigenvalue weighted by Gasteiger charge is 2.40. The molecule has 140 valence electrons. The number of carbonyl (C=O) groups is 1. The molecule has 0 spiro atoms. The largest absolute Gasteiger partial charge is 0.475 e. The van der Waals surface area contributed by atoms with Crippen LogP contribution in [0.15, 0.2) is 12.3 Å². The van der Waals surface area contributed by atoms with Crippen molar-refractivity contribution in [1.82, 2.24) is 4.98 Å². The van der Waals surface area contributed by atoms with Gasteiger partial charge < -0.3 is 19.5 Å². The number of nitrogens with one attached hydrogen (secondary N) is 1. The van der Waals surface area contributed by atoms with Crippen LogP contribution in [0, 0.1) is 6.92 Å². The van der Waals surface area contributed by atoms with Gasteiger partial charge in [0.2, 0.25) is 5.88 Å². The van der Waals surface area contributed by atoms with Crippen molar-refractivity contribution < 1.29 is 19.0 Å². The van der Waals surface area contributed by atoms with Crippen molar-refractivity contribution in [1.29, 1.82) is 0 Å². The summed E-state index contributed by atoms with van der Waals surface area (Å²) in [7, 11) is 0. The summed E-state index contributed by atoms with van der Waals surface area (Å²) in [5.74, 6) is 0.496.